The maximum Gasteiger partial charge on any atom is 0.248 e. The summed E-state index contributed by atoms with van der Waals surface area (Å²) in [6, 6.07) is 6.81. The third-order valence-corrected chi connectivity index (χ3v) is 4.80. The van der Waals surface area contributed by atoms with E-state index < -0.39 is 6.04 Å². The summed E-state index contributed by atoms with van der Waals surface area (Å²) in [5.41, 5.74) is 1.64. The van der Waals surface area contributed by atoms with E-state index in [1.807, 2.05) is 29.8 Å². The number of hydrogen-bond acceptors (Lipinski definition) is 5. The lowest BCUT2D eigenvalue weighted by atomic mass is 10.2. The van der Waals surface area contributed by atoms with Crippen molar-refractivity contribution in [2.45, 2.75) is 19.4 Å². The first-order chi connectivity index (χ1) is 11.5. The monoisotopic (exact) mass is 383 g/mol. The van der Waals surface area contributed by atoms with Gasteiger partial charge in [-0.25, -0.2) is 4.98 Å². The summed E-state index contributed by atoms with van der Waals surface area (Å²) in [6.07, 6.45) is 2.53. The average Bonchev–Trinajstić information content (AvgIpc) is 2.99. The molecule has 8 heteroatoms. The van der Waals surface area contributed by atoms with Crippen LogP contribution in [-0.4, -0.2) is 34.8 Å². The third-order valence-electron chi connectivity index (χ3n) is 3.16. The van der Waals surface area contributed by atoms with E-state index in [4.69, 9.17) is 11.6 Å². The van der Waals surface area contributed by atoms with Crippen molar-refractivity contribution in [3.8, 4) is 11.3 Å². The van der Waals surface area contributed by atoms with Gasteiger partial charge in [-0.15, -0.1) is 11.3 Å². The van der Waals surface area contributed by atoms with Crippen molar-refractivity contribution in [3.63, 3.8) is 0 Å². The Hall–Kier alpha value is -1.57. The van der Waals surface area contributed by atoms with Gasteiger partial charge in [0.25, 0.3) is 0 Å². The average molecular weight is 384 g/mol. The van der Waals surface area contributed by atoms with Crippen molar-refractivity contribution in [2.24, 2.45) is 0 Å². The van der Waals surface area contributed by atoms with Crippen LogP contribution in [0, 0.1) is 0 Å². The minimum Gasteiger partial charge on any atom is -0.345 e. The molecule has 0 aliphatic rings. The Bertz CT molecular complexity index is 721. The lowest BCUT2D eigenvalue weighted by Crippen LogP contribution is -2.43. The van der Waals surface area contributed by atoms with E-state index in [1.165, 1.54) is 18.3 Å². The number of nitrogens with zero attached hydrogens (tertiary/aromatic N) is 1. The summed E-state index contributed by atoms with van der Waals surface area (Å²) in [7, 11) is 0. The zero-order valence-electron chi connectivity index (χ0n) is 13.3. The van der Waals surface area contributed by atoms with Crippen LogP contribution in [0.2, 0.25) is 5.02 Å². The lowest BCUT2D eigenvalue weighted by molar-refractivity contribution is -0.125. The van der Waals surface area contributed by atoms with Crippen molar-refractivity contribution < 1.29 is 9.59 Å². The van der Waals surface area contributed by atoms with Crippen LogP contribution in [0.3, 0.4) is 0 Å². The molecule has 0 radical (unpaired) electrons. The Morgan fingerprint density at radius 2 is 2.21 bits per heavy atom. The Balaban J connectivity index is 2.06. The predicted octanol–water partition coefficient (Wildman–Crippen LogP) is 3.66. The van der Waals surface area contributed by atoms with Gasteiger partial charge in [-0.2, -0.15) is 11.8 Å². The SMILES string of the molecule is CSCC[C@H](NC(C)=O)C(=O)Nc1nc(-c2cccc(Cl)c2)cs1. The van der Waals surface area contributed by atoms with Crippen LogP contribution in [-0.2, 0) is 9.59 Å². The number of thioether (sulfide) groups is 1. The highest BCUT2D eigenvalue weighted by Gasteiger charge is 2.20. The second-order valence-electron chi connectivity index (χ2n) is 5.07. The van der Waals surface area contributed by atoms with Crippen LogP contribution in [0.15, 0.2) is 29.6 Å². The van der Waals surface area contributed by atoms with Gasteiger partial charge in [0.05, 0.1) is 5.69 Å². The topological polar surface area (TPSA) is 71.1 Å². The molecule has 0 saturated carbocycles. The lowest BCUT2D eigenvalue weighted by Gasteiger charge is -2.16. The minimum atomic E-state index is -0.562. The maximum atomic E-state index is 12.4. The predicted molar refractivity (Wildman–Crippen MR) is 102 cm³/mol. The molecule has 0 unspecified atom stereocenters. The zero-order chi connectivity index (χ0) is 17.5. The van der Waals surface area contributed by atoms with Gasteiger partial charge in [0, 0.05) is 22.9 Å². The number of hydrogen-bond donors (Lipinski definition) is 2. The molecule has 2 N–H and O–H groups in total. The number of thiazole rings is 1. The number of anilines is 1. The van der Waals surface area contributed by atoms with Gasteiger partial charge >= 0.3 is 0 Å². The number of rotatable bonds is 7. The van der Waals surface area contributed by atoms with Crippen molar-refractivity contribution >= 4 is 51.6 Å². The molecule has 1 aromatic carbocycles. The summed E-state index contributed by atoms with van der Waals surface area (Å²) < 4.78 is 0. The Morgan fingerprint density at radius 1 is 1.42 bits per heavy atom. The molecular weight excluding hydrogens is 366 g/mol. The molecule has 0 spiro atoms. The molecule has 1 heterocycles. The molecule has 128 valence electrons. The zero-order valence-corrected chi connectivity index (χ0v) is 15.7. The van der Waals surface area contributed by atoms with Crippen LogP contribution >= 0.6 is 34.7 Å². The first kappa shape index (κ1) is 18.8. The second-order valence-corrected chi connectivity index (χ2v) is 7.35. The number of benzene rings is 1. The fraction of sp³-hybridized carbons (Fsp3) is 0.312. The van der Waals surface area contributed by atoms with Crippen LogP contribution in [0.4, 0.5) is 5.13 Å². The van der Waals surface area contributed by atoms with E-state index in [2.05, 4.69) is 15.6 Å². The highest BCUT2D eigenvalue weighted by Crippen LogP contribution is 2.26. The van der Waals surface area contributed by atoms with Gasteiger partial charge in [-0.05, 0) is 30.6 Å². The molecule has 0 fully saturated rings. The van der Waals surface area contributed by atoms with Crippen molar-refractivity contribution in [1.29, 1.82) is 0 Å². The normalized spacial score (nSPS) is 11.8. The molecule has 1 atom stereocenters. The van der Waals surface area contributed by atoms with Gasteiger partial charge in [-0.1, -0.05) is 23.7 Å². The Morgan fingerprint density at radius 3 is 2.88 bits per heavy atom. The third kappa shape index (κ3) is 5.51. The standard InChI is InChI=1S/C16H18ClN3O2S2/c1-10(21)18-13(6-7-23-2)15(22)20-16-19-14(9-24-16)11-4-3-5-12(17)8-11/h3-5,8-9,13H,6-7H2,1-2H3,(H,18,21)(H,19,20,22)/t13-/m0/s1. The van der Waals surface area contributed by atoms with Crippen LogP contribution < -0.4 is 10.6 Å². The van der Waals surface area contributed by atoms with E-state index in [1.54, 1.807) is 17.8 Å². The second kappa shape index (κ2) is 9.05. The number of aromatic nitrogens is 1. The highest BCUT2D eigenvalue weighted by molar-refractivity contribution is 7.98. The highest BCUT2D eigenvalue weighted by atomic mass is 35.5. The quantitative estimate of drug-likeness (QED) is 0.765. The Labute approximate surface area is 154 Å². The first-order valence-electron chi connectivity index (χ1n) is 7.28. The smallest absolute Gasteiger partial charge is 0.248 e. The molecule has 2 aromatic rings. The maximum absolute atomic E-state index is 12.4. The summed E-state index contributed by atoms with van der Waals surface area (Å²) in [5.74, 6) is 0.297. The van der Waals surface area contributed by atoms with Crippen molar-refractivity contribution in [2.75, 3.05) is 17.3 Å². The molecule has 0 aliphatic heterocycles. The molecule has 1 aromatic heterocycles. The van der Waals surface area contributed by atoms with Crippen LogP contribution in [0.1, 0.15) is 13.3 Å². The van der Waals surface area contributed by atoms with Crippen molar-refractivity contribution in [1.82, 2.24) is 10.3 Å². The first-order valence-corrected chi connectivity index (χ1v) is 9.93. The number of carbonyl (C=O) groups excluding carboxylic acids is 2. The van der Waals surface area contributed by atoms with E-state index in [-0.39, 0.29) is 11.8 Å². The molecule has 24 heavy (non-hydrogen) atoms. The molecule has 5 nitrogen and oxygen atoms in total. The fourth-order valence-electron chi connectivity index (χ4n) is 2.05. The van der Waals surface area contributed by atoms with E-state index in [0.717, 1.165) is 17.0 Å². The fourth-order valence-corrected chi connectivity index (χ4v) is 3.44. The van der Waals surface area contributed by atoms with E-state index >= 15 is 0 Å². The van der Waals surface area contributed by atoms with Gasteiger partial charge in [0.15, 0.2) is 5.13 Å². The van der Waals surface area contributed by atoms with Gasteiger partial charge < -0.3 is 10.6 Å². The van der Waals surface area contributed by atoms with Crippen molar-refractivity contribution in [3.05, 3.63) is 34.7 Å². The summed E-state index contributed by atoms with van der Waals surface area (Å²) in [6.45, 7) is 1.40. The van der Waals surface area contributed by atoms with Gasteiger partial charge in [0.2, 0.25) is 11.8 Å². The Kier molecular flexibility index (Phi) is 7.08. The molecule has 2 rings (SSSR count). The van der Waals surface area contributed by atoms with E-state index in [0.29, 0.717) is 16.6 Å². The number of carbonyl (C=O) groups is 2. The largest absolute Gasteiger partial charge is 0.345 e. The molecule has 0 saturated heterocycles. The summed E-state index contributed by atoms with van der Waals surface area (Å²) >= 11 is 8.95. The summed E-state index contributed by atoms with van der Waals surface area (Å²) in [5, 5.41) is 8.43. The number of halogens is 1. The number of amides is 2. The van der Waals surface area contributed by atoms with Gasteiger partial charge in [0.1, 0.15) is 6.04 Å². The molecule has 0 aliphatic carbocycles. The van der Waals surface area contributed by atoms with Crippen LogP contribution in [0.25, 0.3) is 11.3 Å². The van der Waals surface area contributed by atoms with E-state index in [9.17, 15) is 9.59 Å². The van der Waals surface area contributed by atoms with Gasteiger partial charge in [-0.3, -0.25) is 9.59 Å². The molecule has 0 bridgehead atoms. The van der Waals surface area contributed by atoms with Crippen LogP contribution in [0.5, 0.6) is 0 Å². The molecular formula is C16H18ClN3O2S2. The minimum absolute atomic E-state index is 0.227. The summed E-state index contributed by atoms with van der Waals surface area (Å²) in [4.78, 5) is 28.0. The number of nitrogens with one attached hydrogen (secondary N) is 2. The molecule has 2 amide bonds.